The number of hydrogen-bond donors (Lipinski definition) is 0. The van der Waals surface area contributed by atoms with Crippen molar-refractivity contribution in [1.82, 2.24) is 14.9 Å². The second-order valence-electron chi connectivity index (χ2n) is 6.16. The Labute approximate surface area is 157 Å². The van der Waals surface area contributed by atoms with Gasteiger partial charge in [0.25, 0.3) is 0 Å². The first-order valence-corrected chi connectivity index (χ1v) is 9.55. The van der Waals surface area contributed by atoms with E-state index >= 15 is 0 Å². The van der Waals surface area contributed by atoms with Crippen molar-refractivity contribution in [3.05, 3.63) is 59.7 Å². The maximum absolute atomic E-state index is 5.81. The molecule has 2 heterocycles. The van der Waals surface area contributed by atoms with Crippen LogP contribution >= 0.6 is 11.8 Å². The Bertz CT molecular complexity index is 979. The second kappa shape index (κ2) is 6.96. The number of benzene rings is 2. The van der Waals surface area contributed by atoms with Gasteiger partial charge in [0, 0.05) is 11.1 Å². The summed E-state index contributed by atoms with van der Waals surface area (Å²) in [7, 11) is 0. The van der Waals surface area contributed by atoms with E-state index in [0.717, 1.165) is 33.6 Å². The molecule has 0 saturated carbocycles. The standard InChI is InChI=1S/C20H20N4OS/c1-4-25-17-11-6-5-10-16(17)18-14(3)26-20-22-21-19(24(20)23-18)15-9-7-8-13(2)12-15/h5-12,14H,4H2,1-3H3/t14-/m1/s1. The van der Waals surface area contributed by atoms with Gasteiger partial charge in [-0.1, -0.05) is 47.7 Å². The van der Waals surface area contributed by atoms with Gasteiger partial charge in [0.15, 0.2) is 5.82 Å². The number of aryl methyl sites for hydroxylation is 1. The Kier molecular flexibility index (Phi) is 4.51. The van der Waals surface area contributed by atoms with E-state index in [1.165, 1.54) is 5.56 Å². The van der Waals surface area contributed by atoms with Gasteiger partial charge in [0.1, 0.15) is 5.75 Å². The first kappa shape index (κ1) is 16.8. The third-order valence-electron chi connectivity index (χ3n) is 4.23. The zero-order valence-corrected chi connectivity index (χ0v) is 15.8. The first-order chi connectivity index (χ1) is 12.7. The van der Waals surface area contributed by atoms with Gasteiger partial charge < -0.3 is 4.74 Å². The number of thioether (sulfide) groups is 1. The SMILES string of the molecule is CCOc1ccccc1C1=Nn2c(nnc2-c2cccc(C)c2)S[C@@H]1C. The van der Waals surface area contributed by atoms with E-state index in [9.17, 15) is 0 Å². The maximum atomic E-state index is 5.81. The molecule has 3 aromatic rings. The number of ether oxygens (including phenoxy) is 1. The lowest BCUT2D eigenvalue weighted by Gasteiger charge is -2.21. The highest BCUT2D eigenvalue weighted by Crippen LogP contribution is 2.34. The van der Waals surface area contributed by atoms with Crippen LogP contribution in [0, 0.1) is 6.92 Å². The highest BCUT2D eigenvalue weighted by Gasteiger charge is 2.27. The zero-order valence-electron chi connectivity index (χ0n) is 15.0. The number of rotatable bonds is 4. The monoisotopic (exact) mass is 364 g/mol. The number of fused-ring (bicyclic) bond motifs is 1. The lowest BCUT2D eigenvalue weighted by Crippen LogP contribution is -2.22. The van der Waals surface area contributed by atoms with Gasteiger partial charge in [-0.05, 0) is 39.0 Å². The third-order valence-corrected chi connectivity index (χ3v) is 5.27. The molecule has 132 valence electrons. The number of nitrogens with zero attached hydrogens (tertiary/aromatic N) is 4. The van der Waals surface area contributed by atoms with Crippen LogP contribution in [0.1, 0.15) is 25.0 Å². The number of para-hydroxylation sites is 1. The van der Waals surface area contributed by atoms with Gasteiger partial charge in [-0.2, -0.15) is 9.78 Å². The molecule has 0 fully saturated rings. The van der Waals surface area contributed by atoms with Gasteiger partial charge in [-0.3, -0.25) is 0 Å². The van der Waals surface area contributed by atoms with Crippen LogP contribution in [0.2, 0.25) is 0 Å². The highest BCUT2D eigenvalue weighted by molar-refractivity contribution is 8.00. The summed E-state index contributed by atoms with van der Waals surface area (Å²) in [6.45, 7) is 6.82. The maximum Gasteiger partial charge on any atom is 0.213 e. The van der Waals surface area contributed by atoms with Gasteiger partial charge in [0.05, 0.1) is 17.6 Å². The van der Waals surface area contributed by atoms with Crippen LogP contribution in [0.4, 0.5) is 0 Å². The fraction of sp³-hybridized carbons (Fsp3) is 0.250. The summed E-state index contributed by atoms with van der Waals surface area (Å²) in [5, 5.41) is 14.6. The zero-order chi connectivity index (χ0) is 18.1. The van der Waals surface area contributed by atoms with Crippen molar-refractivity contribution >= 4 is 17.5 Å². The Morgan fingerprint density at radius 2 is 1.96 bits per heavy atom. The normalized spacial score (nSPS) is 16.1. The second-order valence-corrected chi connectivity index (χ2v) is 7.47. The molecule has 6 heteroatoms. The van der Waals surface area contributed by atoms with Crippen molar-refractivity contribution in [2.45, 2.75) is 31.2 Å². The summed E-state index contributed by atoms with van der Waals surface area (Å²) >= 11 is 1.66. The summed E-state index contributed by atoms with van der Waals surface area (Å²) < 4.78 is 7.65. The van der Waals surface area contributed by atoms with Crippen molar-refractivity contribution in [2.75, 3.05) is 6.61 Å². The van der Waals surface area contributed by atoms with Crippen molar-refractivity contribution in [2.24, 2.45) is 5.10 Å². The molecule has 4 rings (SSSR count). The molecule has 26 heavy (non-hydrogen) atoms. The summed E-state index contributed by atoms with van der Waals surface area (Å²) in [6, 6.07) is 16.3. The molecule has 0 N–H and O–H groups in total. The molecule has 5 nitrogen and oxygen atoms in total. The molecule has 0 saturated heterocycles. The number of aromatic nitrogens is 3. The van der Waals surface area contributed by atoms with Crippen LogP contribution in [0.25, 0.3) is 11.4 Å². The third kappa shape index (κ3) is 3.01. The van der Waals surface area contributed by atoms with Crippen LogP contribution in [-0.2, 0) is 0 Å². The topological polar surface area (TPSA) is 52.3 Å². The van der Waals surface area contributed by atoms with Crippen LogP contribution < -0.4 is 4.74 Å². The summed E-state index contributed by atoms with van der Waals surface area (Å²) in [4.78, 5) is 0. The Morgan fingerprint density at radius 1 is 1.12 bits per heavy atom. The van der Waals surface area contributed by atoms with Crippen LogP contribution in [0.5, 0.6) is 5.75 Å². The molecule has 2 aromatic carbocycles. The quantitative estimate of drug-likeness (QED) is 0.688. The minimum Gasteiger partial charge on any atom is -0.493 e. The molecule has 0 bridgehead atoms. The average molecular weight is 364 g/mol. The van der Waals surface area contributed by atoms with Gasteiger partial charge in [0.2, 0.25) is 5.16 Å². The smallest absolute Gasteiger partial charge is 0.213 e. The van der Waals surface area contributed by atoms with Crippen LogP contribution in [0.3, 0.4) is 0 Å². The van der Waals surface area contributed by atoms with Crippen LogP contribution in [0.15, 0.2) is 58.8 Å². The van der Waals surface area contributed by atoms with Gasteiger partial charge >= 0.3 is 0 Å². The van der Waals surface area contributed by atoms with E-state index in [2.05, 4.69) is 42.2 Å². The molecule has 0 aliphatic carbocycles. The van der Waals surface area contributed by atoms with Crippen molar-refractivity contribution < 1.29 is 4.74 Å². The van der Waals surface area contributed by atoms with Crippen molar-refractivity contribution in [3.8, 4) is 17.1 Å². The fourth-order valence-corrected chi connectivity index (χ4v) is 3.95. The Hall–Kier alpha value is -2.60. The lowest BCUT2D eigenvalue weighted by molar-refractivity contribution is 0.339. The van der Waals surface area contributed by atoms with E-state index < -0.39 is 0 Å². The fourth-order valence-electron chi connectivity index (χ4n) is 3.03. The van der Waals surface area contributed by atoms with Crippen molar-refractivity contribution in [3.63, 3.8) is 0 Å². The van der Waals surface area contributed by atoms with E-state index in [1.54, 1.807) is 11.8 Å². The average Bonchev–Trinajstić information content (AvgIpc) is 3.04. The Balaban J connectivity index is 1.83. The molecular formula is C20H20N4OS. The lowest BCUT2D eigenvalue weighted by atomic mass is 10.1. The van der Waals surface area contributed by atoms with Crippen LogP contribution in [-0.4, -0.2) is 32.4 Å². The number of hydrogen-bond acceptors (Lipinski definition) is 5. The molecular weight excluding hydrogens is 344 g/mol. The van der Waals surface area contributed by atoms with E-state index in [0.29, 0.717) is 6.61 Å². The molecule has 1 aromatic heterocycles. The first-order valence-electron chi connectivity index (χ1n) is 8.67. The highest BCUT2D eigenvalue weighted by atomic mass is 32.2. The predicted molar refractivity (Wildman–Crippen MR) is 105 cm³/mol. The van der Waals surface area contributed by atoms with Gasteiger partial charge in [-0.25, -0.2) is 0 Å². The summed E-state index contributed by atoms with van der Waals surface area (Å²) in [5.41, 5.74) is 4.19. The largest absolute Gasteiger partial charge is 0.493 e. The molecule has 0 radical (unpaired) electrons. The molecule has 0 unspecified atom stereocenters. The van der Waals surface area contributed by atoms with E-state index in [-0.39, 0.29) is 5.25 Å². The molecule has 1 aliphatic heterocycles. The van der Waals surface area contributed by atoms with Crippen molar-refractivity contribution in [1.29, 1.82) is 0 Å². The molecule has 1 aliphatic rings. The van der Waals surface area contributed by atoms with E-state index in [1.807, 2.05) is 41.9 Å². The molecule has 1 atom stereocenters. The minimum atomic E-state index is 0.165. The summed E-state index contributed by atoms with van der Waals surface area (Å²) in [6.07, 6.45) is 0. The molecule has 0 amide bonds. The predicted octanol–water partition coefficient (Wildman–Crippen LogP) is 4.40. The minimum absolute atomic E-state index is 0.165. The summed E-state index contributed by atoms with van der Waals surface area (Å²) in [5.74, 6) is 1.62. The Morgan fingerprint density at radius 3 is 2.77 bits per heavy atom. The van der Waals surface area contributed by atoms with Gasteiger partial charge in [-0.15, -0.1) is 10.2 Å². The van der Waals surface area contributed by atoms with E-state index in [4.69, 9.17) is 9.84 Å². The molecule has 0 spiro atoms.